The van der Waals surface area contributed by atoms with E-state index < -0.39 is 5.91 Å². The summed E-state index contributed by atoms with van der Waals surface area (Å²) in [6.07, 6.45) is -0.198. The summed E-state index contributed by atoms with van der Waals surface area (Å²) in [5.41, 5.74) is 0. The van der Waals surface area contributed by atoms with Gasteiger partial charge >= 0.3 is 0 Å². The Hall–Kier alpha value is -0.770. The van der Waals surface area contributed by atoms with Gasteiger partial charge in [-0.25, -0.2) is 0 Å². The molecule has 0 atom stereocenters. The van der Waals surface area contributed by atoms with Crippen LogP contribution in [0.5, 0.6) is 0 Å². The second-order valence-electron chi connectivity index (χ2n) is 1.98. The second kappa shape index (κ2) is 4.11. The predicted molar refractivity (Wildman–Crippen MR) is 37.3 cm³/mol. The molecule has 0 unspecified atom stereocenters. The van der Waals surface area contributed by atoms with Crippen molar-refractivity contribution in [3.8, 4) is 0 Å². The Kier molecular flexibility index (Phi) is 3.79. The highest BCUT2D eigenvalue weighted by molar-refractivity contribution is 6.22. The third-order valence-corrected chi connectivity index (χ3v) is 1.13. The highest BCUT2D eigenvalue weighted by atomic mass is 35.5. The van der Waals surface area contributed by atoms with Gasteiger partial charge in [-0.1, -0.05) is 0 Å². The topological polar surface area (TPSA) is 49.4 Å². The number of hydrogen-bond donors (Lipinski definition) is 1. The maximum Gasteiger partial charge on any atom is 0.243 e. The minimum atomic E-state index is -0.486. The molecule has 2 amide bonds. The van der Waals surface area contributed by atoms with Crippen LogP contribution in [0.2, 0.25) is 0 Å². The van der Waals surface area contributed by atoms with Crippen LogP contribution >= 0.6 is 11.8 Å². The van der Waals surface area contributed by atoms with E-state index in [1.807, 2.05) is 4.84 Å². The van der Waals surface area contributed by atoms with Crippen molar-refractivity contribution in [1.29, 1.82) is 0 Å². The van der Waals surface area contributed by atoms with Crippen molar-refractivity contribution >= 4 is 23.6 Å². The Balaban J connectivity index is 3.69. The molecule has 0 aromatic carbocycles. The van der Waals surface area contributed by atoms with Crippen LogP contribution in [0, 0.1) is 0 Å². The van der Waals surface area contributed by atoms with Gasteiger partial charge in [0.1, 0.15) is 6.42 Å². The summed E-state index contributed by atoms with van der Waals surface area (Å²) in [7, 11) is 3.15. The highest BCUT2D eigenvalue weighted by Crippen LogP contribution is 1.86. The largest absolute Gasteiger partial charge is 0.348 e. The molecule has 0 aromatic heterocycles. The molecular weight excluding hydrogens is 156 g/mol. The van der Waals surface area contributed by atoms with E-state index in [4.69, 9.17) is 11.8 Å². The van der Waals surface area contributed by atoms with E-state index in [1.54, 1.807) is 14.1 Å². The van der Waals surface area contributed by atoms with Crippen LogP contribution in [-0.4, -0.2) is 30.8 Å². The van der Waals surface area contributed by atoms with E-state index in [2.05, 4.69) is 0 Å². The summed E-state index contributed by atoms with van der Waals surface area (Å²) in [5.74, 6) is -0.751. The first kappa shape index (κ1) is 9.23. The molecule has 0 saturated heterocycles. The molecule has 0 aliphatic heterocycles. The molecule has 0 saturated carbocycles. The fraction of sp³-hybridized carbons (Fsp3) is 0.600. The molecule has 0 aliphatic carbocycles. The molecule has 0 rings (SSSR count). The van der Waals surface area contributed by atoms with Crippen LogP contribution in [0.25, 0.3) is 0 Å². The van der Waals surface area contributed by atoms with Gasteiger partial charge in [0.05, 0.1) is 0 Å². The SMILES string of the molecule is CN(C)C(=O)CC(=O)NCl. The van der Waals surface area contributed by atoms with E-state index in [0.29, 0.717) is 0 Å². The van der Waals surface area contributed by atoms with Gasteiger partial charge in [0, 0.05) is 25.9 Å². The first-order valence-corrected chi connectivity index (χ1v) is 3.05. The molecule has 0 bridgehead atoms. The van der Waals surface area contributed by atoms with Gasteiger partial charge < -0.3 is 4.90 Å². The van der Waals surface area contributed by atoms with E-state index >= 15 is 0 Å². The molecule has 10 heavy (non-hydrogen) atoms. The Morgan fingerprint density at radius 3 is 2.30 bits per heavy atom. The molecule has 0 radical (unpaired) electrons. The van der Waals surface area contributed by atoms with Crippen molar-refractivity contribution in [2.45, 2.75) is 6.42 Å². The van der Waals surface area contributed by atoms with Gasteiger partial charge in [-0.2, -0.15) is 0 Å². The van der Waals surface area contributed by atoms with E-state index in [-0.39, 0.29) is 12.3 Å². The molecule has 0 aromatic rings. The summed E-state index contributed by atoms with van der Waals surface area (Å²) >= 11 is 4.93. The molecule has 1 N–H and O–H groups in total. The summed E-state index contributed by atoms with van der Waals surface area (Å²) in [6, 6.07) is 0. The first-order valence-electron chi connectivity index (χ1n) is 2.67. The maximum absolute atomic E-state index is 10.7. The molecule has 0 aliphatic rings. The standard InChI is InChI=1S/C5H9ClN2O2/c1-8(2)5(10)3-4(9)7-6/h3H2,1-2H3,(H,7,9). The smallest absolute Gasteiger partial charge is 0.243 e. The first-order chi connectivity index (χ1) is 4.57. The van der Waals surface area contributed by atoms with Crippen molar-refractivity contribution in [2.75, 3.05) is 14.1 Å². The van der Waals surface area contributed by atoms with Crippen LogP contribution in [-0.2, 0) is 9.59 Å². The molecule has 4 nitrogen and oxygen atoms in total. The molecule has 58 valence electrons. The number of nitrogens with zero attached hydrogens (tertiary/aromatic N) is 1. The van der Waals surface area contributed by atoms with Gasteiger partial charge in [0.15, 0.2) is 0 Å². The summed E-state index contributed by atoms with van der Waals surface area (Å²) in [5, 5.41) is 0. The number of halogens is 1. The lowest BCUT2D eigenvalue weighted by Crippen LogP contribution is -2.27. The van der Waals surface area contributed by atoms with Crippen LogP contribution in [0.3, 0.4) is 0 Å². The fourth-order valence-corrected chi connectivity index (χ4v) is 0.396. The van der Waals surface area contributed by atoms with E-state index in [1.165, 1.54) is 4.90 Å². The number of carbonyl (C=O) groups excluding carboxylic acids is 2. The molecule has 5 heteroatoms. The number of hydrogen-bond acceptors (Lipinski definition) is 2. The van der Waals surface area contributed by atoms with Crippen molar-refractivity contribution in [3.05, 3.63) is 0 Å². The second-order valence-corrected chi connectivity index (χ2v) is 2.17. The third-order valence-electron chi connectivity index (χ3n) is 0.916. The minimum Gasteiger partial charge on any atom is -0.348 e. The lowest BCUT2D eigenvalue weighted by atomic mass is 10.4. The van der Waals surface area contributed by atoms with Crippen molar-refractivity contribution in [3.63, 3.8) is 0 Å². The van der Waals surface area contributed by atoms with Gasteiger partial charge in [-0.3, -0.25) is 14.4 Å². The molecular formula is C5H9ClN2O2. The van der Waals surface area contributed by atoms with Gasteiger partial charge in [-0.15, -0.1) is 0 Å². The molecule has 0 spiro atoms. The van der Waals surface area contributed by atoms with Gasteiger partial charge in [-0.05, 0) is 0 Å². The van der Waals surface area contributed by atoms with E-state index in [0.717, 1.165) is 0 Å². The lowest BCUT2D eigenvalue weighted by molar-refractivity contribution is -0.133. The van der Waals surface area contributed by atoms with Crippen molar-refractivity contribution in [1.82, 2.24) is 9.74 Å². The third kappa shape index (κ3) is 3.29. The van der Waals surface area contributed by atoms with Crippen LogP contribution in [0.4, 0.5) is 0 Å². The zero-order valence-corrected chi connectivity index (χ0v) is 6.60. The minimum absolute atomic E-state index is 0.198. The Morgan fingerprint density at radius 2 is 2.00 bits per heavy atom. The van der Waals surface area contributed by atoms with Crippen molar-refractivity contribution in [2.24, 2.45) is 0 Å². The Labute approximate surface area is 64.2 Å². The normalized spacial score (nSPS) is 8.70. The van der Waals surface area contributed by atoms with Gasteiger partial charge in [0.2, 0.25) is 11.8 Å². The van der Waals surface area contributed by atoms with E-state index in [9.17, 15) is 9.59 Å². The summed E-state index contributed by atoms with van der Waals surface area (Å²) in [6.45, 7) is 0. The fourth-order valence-electron chi connectivity index (χ4n) is 0.329. The number of rotatable bonds is 2. The Bertz CT molecular complexity index is 147. The number of nitrogens with one attached hydrogen (secondary N) is 1. The predicted octanol–water partition coefficient (Wildman–Crippen LogP) is -0.265. The monoisotopic (exact) mass is 164 g/mol. The quantitative estimate of drug-likeness (QED) is 0.452. The van der Waals surface area contributed by atoms with Gasteiger partial charge in [0.25, 0.3) is 0 Å². The number of amides is 2. The lowest BCUT2D eigenvalue weighted by Gasteiger charge is -2.07. The average Bonchev–Trinajstić information content (AvgIpc) is 1.87. The molecule has 0 fully saturated rings. The number of carbonyl (C=O) groups is 2. The zero-order valence-electron chi connectivity index (χ0n) is 5.85. The van der Waals surface area contributed by atoms with Crippen LogP contribution < -0.4 is 4.84 Å². The maximum atomic E-state index is 10.7. The van der Waals surface area contributed by atoms with Crippen LogP contribution in [0.1, 0.15) is 6.42 Å². The summed E-state index contributed by atoms with van der Waals surface area (Å²) in [4.78, 5) is 24.3. The Morgan fingerprint density at radius 1 is 1.50 bits per heavy atom. The average molecular weight is 165 g/mol. The summed E-state index contributed by atoms with van der Waals surface area (Å²) < 4.78 is 0. The molecule has 0 heterocycles. The van der Waals surface area contributed by atoms with Crippen LogP contribution in [0.15, 0.2) is 0 Å². The zero-order chi connectivity index (χ0) is 8.15. The highest BCUT2D eigenvalue weighted by Gasteiger charge is 2.08. The van der Waals surface area contributed by atoms with Crippen molar-refractivity contribution < 1.29 is 9.59 Å².